The summed E-state index contributed by atoms with van der Waals surface area (Å²) in [7, 11) is 0. The molecule has 1 heterocycles. The van der Waals surface area contributed by atoms with Crippen molar-refractivity contribution in [3.8, 4) is 11.6 Å². The second kappa shape index (κ2) is 9.72. The molecule has 0 amide bonds. The predicted molar refractivity (Wildman–Crippen MR) is 108 cm³/mol. The van der Waals surface area contributed by atoms with Crippen LogP contribution in [-0.4, -0.2) is 39.1 Å². The van der Waals surface area contributed by atoms with Gasteiger partial charge in [-0.05, 0) is 29.7 Å². The molecule has 0 unspecified atom stereocenters. The monoisotopic (exact) mass is 373 g/mol. The summed E-state index contributed by atoms with van der Waals surface area (Å²) in [5, 5.41) is 14.4. The van der Waals surface area contributed by atoms with Gasteiger partial charge < -0.3 is 9.94 Å². The van der Waals surface area contributed by atoms with Gasteiger partial charge >= 0.3 is 5.69 Å². The van der Waals surface area contributed by atoms with Crippen LogP contribution in [0.25, 0.3) is 5.69 Å². The SMILES string of the molecule is C=CCON=Cc1ccc(-n2c(O)c(CCSC)n(CC=C)c2=O)cc1. The van der Waals surface area contributed by atoms with E-state index in [0.29, 0.717) is 31.0 Å². The summed E-state index contributed by atoms with van der Waals surface area (Å²) in [4.78, 5) is 17.7. The van der Waals surface area contributed by atoms with E-state index in [1.807, 2.05) is 6.26 Å². The second-order valence-corrected chi connectivity index (χ2v) is 6.43. The summed E-state index contributed by atoms with van der Waals surface area (Å²) >= 11 is 1.66. The van der Waals surface area contributed by atoms with Crippen molar-refractivity contribution in [2.24, 2.45) is 5.16 Å². The number of aromatic nitrogens is 2. The van der Waals surface area contributed by atoms with E-state index in [1.54, 1.807) is 59.0 Å². The molecule has 2 aromatic rings. The predicted octanol–water partition coefficient (Wildman–Crippen LogP) is 2.97. The molecule has 0 fully saturated rings. The standard InChI is InChI=1S/C19H23N3O3S/c1-4-11-21-17(10-13-26-3)18(23)22(19(21)24)16-8-6-15(7-9-16)14-20-25-12-5-2/h4-9,14,23H,1-2,10-13H2,3H3. The highest BCUT2D eigenvalue weighted by molar-refractivity contribution is 7.98. The van der Waals surface area contributed by atoms with Crippen LogP contribution in [0.4, 0.5) is 0 Å². The maximum atomic E-state index is 12.7. The average molecular weight is 373 g/mol. The molecule has 0 aliphatic carbocycles. The van der Waals surface area contributed by atoms with E-state index in [2.05, 4.69) is 18.3 Å². The highest BCUT2D eigenvalue weighted by Crippen LogP contribution is 2.22. The van der Waals surface area contributed by atoms with Gasteiger partial charge in [-0.3, -0.25) is 4.57 Å². The number of rotatable bonds is 10. The molecule has 1 aromatic carbocycles. The molecule has 0 spiro atoms. The number of nitrogens with zero attached hydrogens (tertiary/aromatic N) is 3. The zero-order chi connectivity index (χ0) is 18.9. The summed E-state index contributed by atoms with van der Waals surface area (Å²) < 4.78 is 2.87. The van der Waals surface area contributed by atoms with Gasteiger partial charge in [-0.15, -0.1) is 6.58 Å². The first-order valence-electron chi connectivity index (χ1n) is 8.13. The van der Waals surface area contributed by atoms with E-state index in [1.165, 1.54) is 4.57 Å². The van der Waals surface area contributed by atoms with Gasteiger partial charge in [0.2, 0.25) is 5.88 Å². The molecule has 0 saturated carbocycles. The van der Waals surface area contributed by atoms with Gasteiger partial charge in [0.1, 0.15) is 6.61 Å². The zero-order valence-electron chi connectivity index (χ0n) is 14.8. The Hall–Kier alpha value is -2.67. The Bertz CT molecular complexity index is 835. The third kappa shape index (κ3) is 4.49. The Balaban J connectivity index is 2.35. The molecule has 0 radical (unpaired) electrons. The van der Waals surface area contributed by atoms with Gasteiger partial charge in [-0.2, -0.15) is 11.8 Å². The van der Waals surface area contributed by atoms with Crippen LogP contribution in [-0.2, 0) is 17.8 Å². The number of thioether (sulfide) groups is 1. The van der Waals surface area contributed by atoms with Gasteiger partial charge in [-0.1, -0.05) is 36.0 Å². The fraction of sp³-hybridized carbons (Fsp3) is 0.263. The van der Waals surface area contributed by atoms with E-state index in [-0.39, 0.29) is 11.6 Å². The van der Waals surface area contributed by atoms with Gasteiger partial charge in [-0.25, -0.2) is 9.36 Å². The first-order valence-corrected chi connectivity index (χ1v) is 9.53. The van der Waals surface area contributed by atoms with Gasteiger partial charge in [0.25, 0.3) is 0 Å². The lowest BCUT2D eigenvalue weighted by Gasteiger charge is -2.04. The molecule has 0 saturated heterocycles. The summed E-state index contributed by atoms with van der Waals surface area (Å²) in [6.45, 7) is 7.93. The third-order valence-electron chi connectivity index (χ3n) is 3.69. The topological polar surface area (TPSA) is 68.8 Å². The van der Waals surface area contributed by atoms with Crippen molar-refractivity contribution in [3.05, 3.63) is 71.3 Å². The highest BCUT2D eigenvalue weighted by Gasteiger charge is 2.19. The molecular formula is C19H23N3O3S. The van der Waals surface area contributed by atoms with Crippen molar-refractivity contribution < 1.29 is 9.94 Å². The molecule has 0 aliphatic rings. The van der Waals surface area contributed by atoms with Crippen molar-refractivity contribution in [2.75, 3.05) is 18.6 Å². The van der Waals surface area contributed by atoms with Crippen LogP contribution in [0.1, 0.15) is 11.3 Å². The molecule has 0 aliphatic heterocycles. The Morgan fingerprint density at radius 3 is 2.62 bits per heavy atom. The van der Waals surface area contributed by atoms with Crippen molar-refractivity contribution in [2.45, 2.75) is 13.0 Å². The molecule has 1 N–H and O–H groups in total. The number of hydrogen-bond donors (Lipinski definition) is 1. The normalized spacial score (nSPS) is 11.0. The summed E-state index contributed by atoms with van der Waals surface area (Å²) in [5.41, 5.74) is 1.74. The molecule has 7 heteroatoms. The van der Waals surface area contributed by atoms with Gasteiger partial charge in [0, 0.05) is 13.0 Å². The van der Waals surface area contributed by atoms with Crippen LogP contribution >= 0.6 is 11.8 Å². The van der Waals surface area contributed by atoms with Gasteiger partial charge in [0.05, 0.1) is 17.6 Å². The van der Waals surface area contributed by atoms with Crippen LogP contribution in [0.5, 0.6) is 5.88 Å². The minimum Gasteiger partial charge on any atom is -0.493 e. The molecule has 2 rings (SSSR count). The van der Waals surface area contributed by atoms with E-state index in [4.69, 9.17) is 4.84 Å². The van der Waals surface area contributed by atoms with Gasteiger partial charge in [0.15, 0.2) is 0 Å². The van der Waals surface area contributed by atoms with Crippen molar-refractivity contribution in [1.29, 1.82) is 0 Å². The van der Waals surface area contributed by atoms with E-state index < -0.39 is 0 Å². The van der Waals surface area contributed by atoms with Crippen LogP contribution in [0.2, 0.25) is 0 Å². The molecule has 0 atom stereocenters. The Labute approximate surface area is 157 Å². The van der Waals surface area contributed by atoms with Crippen LogP contribution in [0.15, 0.2) is 59.5 Å². The lowest BCUT2D eigenvalue weighted by molar-refractivity contribution is 0.176. The molecule has 0 bridgehead atoms. The maximum Gasteiger partial charge on any atom is 0.336 e. The fourth-order valence-corrected chi connectivity index (χ4v) is 2.87. The lowest BCUT2D eigenvalue weighted by Crippen LogP contribution is -2.23. The molecular weight excluding hydrogens is 350 g/mol. The quantitative estimate of drug-likeness (QED) is 0.301. The molecule has 26 heavy (non-hydrogen) atoms. The second-order valence-electron chi connectivity index (χ2n) is 5.44. The van der Waals surface area contributed by atoms with E-state index in [9.17, 15) is 9.90 Å². The molecule has 6 nitrogen and oxygen atoms in total. The first kappa shape index (κ1) is 19.7. The van der Waals surface area contributed by atoms with Crippen LogP contribution in [0.3, 0.4) is 0 Å². The zero-order valence-corrected chi connectivity index (χ0v) is 15.6. The number of benzene rings is 1. The van der Waals surface area contributed by atoms with Crippen molar-refractivity contribution >= 4 is 18.0 Å². The van der Waals surface area contributed by atoms with Crippen LogP contribution in [0, 0.1) is 0 Å². The number of oxime groups is 1. The smallest absolute Gasteiger partial charge is 0.336 e. The summed E-state index contributed by atoms with van der Waals surface area (Å²) in [5.74, 6) is 0.787. The highest BCUT2D eigenvalue weighted by atomic mass is 32.2. The minimum absolute atomic E-state index is 0.0263. The number of hydrogen-bond acceptors (Lipinski definition) is 5. The van der Waals surface area contributed by atoms with Crippen molar-refractivity contribution in [3.63, 3.8) is 0 Å². The average Bonchev–Trinajstić information content (AvgIpc) is 2.88. The number of allylic oxidation sites excluding steroid dienone is 1. The maximum absolute atomic E-state index is 12.7. The Morgan fingerprint density at radius 2 is 2.00 bits per heavy atom. The summed E-state index contributed by atoms with van der Waals surface area (Å²) in [6.07, 6.45) is 7.43. The molecule has 138 valence electrons. The first-order chi connectivity index (χ1) is 12.6. The Kier molecular flexibility index (Phi) is 7.35. The fourth-order valence-electron chi connectivity index (χ4n) is 2.48. The van der Waals surface area contributed by atoms with E-state index in [0.717, 1.165) is 11.3 Å². The van der Waals surface area contributed by atoms with Crippen molar-refractivity contribution in [1.82, 2.24) is 9.13 Å². The minimum atomic E-state index is -0.283. The van der Waals surface area contributed by atoms with Crippen LogP contribution < -0.4 is 5.69 Å². The van der Waals surface area contributed by atoms with E-state index >= 15 is 0 Å². The number of aromatic hydroxyl groups is 1. The Morgan fingerprint density at radius 1 is 1.27 bits per heavy atom. The summed E-state index contributed by atoms with van der Waals surface area (Å²) in [6, 6.07) is 7.11. The lowest BCUT2D eigenvalue weighted by atomic mass is 10.2. The number of imidazole rings is 1. The molecule has 1 aromatic heterocycles. The largest absolute Gasteiger partial charge is 0.493 e. The third-order valence-corrected chi connectivity index (χ3v) is 4.30.